The molecular formula is C12H22N2O2S3. The molecule has 0 radical (unpaired) electrons. The Morgan fingerprint density at radius 1 is 1.47 bits per heavy atom. The molecule has 2 N–H and O–H groups in total. The Balaban J connectivity index is 2.74. The van der Waals surface area contributed by atoms with E-state index in [1.807, 2.05) is 25.5 Å². The SMILES string of the molecule is CCNCc1sccc1S(=O)(=O)NC(C)CCSC. The smallest absolute Gasteiger partial charge is 0.241 e. The van der Waals surface area contributed by atoms with Gasteiger partial charge >= 0.3 is 0 Å². The lowest BCUT2D eigenvalue weighted by Crippen LogP contribution is -2.33. The van der Waals surface area contributed by atoms with Crippen molar-refractivity contribution in [1.82, 2.24) is 10.0 Å². The summed E-state index contributed by atoms with van der Waals surface area (Å²) < 4.78 is 27.4. The molecule has 0 aromatic carbocycles. The van der Waals surface area contributed by atoms with Crippen molar-refractivity contribution in [3.8, 4) is 0 Å². The standard InChI is InChI=1S/C12H22N2O2S3/c1-4-13-9-11-12(6-8-18-11)19(15,16)14-10(2)5-7-17-3/h6,8,10,13-14H,4-5,7,9H2,1-3H3. The summed E-state index contributed by atoms with van der Waals surface area (Å²) in [5.41, 5.74) is 0. The molecule has 0 aliphatic carbocycles. The minimum atomic E-state index is -3.40. The third-order valence-corrected chi connectivity index (χ3v) is 6.01. The molecule has 0 saturated heterocycles. The first kappa shape index (κ1) is 17.0. The van der Waals surface area contributed by atoms with Crippen LogP contribution in [0.5, 0.6) is 0 Å². The van der Waals surface area contributed by atoms with Gasteiger partial charge in [0, 0.05) is 17.5 Å². The molecule has 19 heavy (non-hydrogen) atoms. The van der Waals surface area contributed by atoms with E-state index in [0.717, 1.165) is 23.6 Å². The minimum Gasteiger partial charge on any atom is -0.312 e. The highest BCUT2D eigenvalue weighted by atomic mass is 32.2. The Bertz CT molecular complexity index is 471. The van der Waals surface area contributed by atoms with E-state index in [1.165, 1.54) is 11.3 Å². The Morgan fingerprint density at radius 2 is 2.21 bits per heavy atom. The van der Waals surface area contributed by atoms with E-state index in [4.69, 9.17) is 0 Å². The van der Waals surface area contributed by atoms with E-state index in [9.17, 15) is 8.42 Å². The number of nitrogens with one attached hydrogen (secondary N) is 2. The van der Waals surface area contributed by atoms with Crippen LogP contribution >= 0.6 is 23.1 Å². The summed E-state index contributed by atoms with van der Waals surface area (Å²) in [5, 5.41) is 4.99. The fourth-order valence-corrected chi connectivity index (χ4v) is 4.90. The normalized spacial score (nSPS) is 13.6. The number of thioether (sulfide) groups is 1. The number of hydrogen-bond donors (Lipinski definition) is 2. The summed E-state index contributed by atoms with van der Waals surface area (Å²) >= 11 is 3.20. The Labute approximate surface area is 124 Å². The van der Waals surface area contributed by atoms with Gasteiger partial charge in [0.05, 0.1) is 4.90 Å². The van der Waals surface area contributed by atoms with Crippen LogP contribution in [0.4, 0.5) is 0 Å². The molecule has 1 unspecified atom stereocenters. The molecule has 0 aliphatic rings. The van der Waals surface area contributed by atoms with Crippen LogP contribution in [0.1, 0.15) is 25.1 Å². The Kier molecular flexibility index (Phi) is 7.38. The van der Waals surface area contributed by atoms with Crippen molar-refractivity contribution in [1.29, 1.82) is 0 Å². The first-order chi connectivity index (χ1) is 9.01. The first-order valence-electron chi connectivity index (χ1n) is 6.29. The number of rotatable bonds is 9. The zero-order valence-corrected chi connectivity index (χ0v) is 14.1. The van der Waals surface area contributed by atoms with Gasteiger partial charge in [-0.1, -0.05) is 6.92 Å². The Hall–Kier alpha value is -0.0800. The third kappa shape index (κ3) is 5.43. The molecule has 0 saturated carbocycles. The van der Waals surface area contributed by atoms with Gasteiger partial charge in [-0.3, -0.25) is 0 Å². The van der Waals surface area contributed by atoms with Gasteiger partial charge in [0.25, 0.3) is 0 Å². The maximum absolute atomic E-state index is 12.3. The van der Waals surface area contributed by atoms with Crippen molar-refractivity contribution in [3.05, 3.63) is 16.3 Å². The summed E-state index contributed by atoms with van der Waals surface area (Å²) in [6.45, 7) is 5.34. The predicted octanol–water partition coefficient (Wildman–Crippen LogP) is 2.28. The second-order valence-corrected chi connectivity index (χ2v) is 7.96. The molecule has 0 spiro atoms. The molecule has 4 nitrogen and oxygen atoms in total. The van der Waals surface area contributed by atoms with Crippen LogP contribution in [-0.4, -0.2) is 33.0 Å². The van der Waals surface area contributed by atoms with Gasteiger partial charge in [-0.05, 0) is 43.3 Å². The molecule has 0 aliphatic heterocycles. The van der Waals surface area contributed by atoms with Gasteiger partial charge < -0.3 is 5.32 Å². The molecule has 1 aromatic heterocycles. The van der Waals surface area contributed by atoms with E-state index < -0.39 is 10.0 Å². The van der Waals surface area contributed by atoms with Gasteiger partial charge in [-0.15, -0.1) is 11.3 Å². The molecule has 0 bridgehead atoms. The maximum Gasteiger partial charge on any atom is 0.241 e. The van der Waals surface area contributed by atoms with Gasteiger partial charge in [0.2, 0.25) is 10.0 Å². The predicted molar refractivity (Wildman–Crippen MR) is 84.5 cm³/mol. The van der Waals surface area contributed by atoms with Crippen LogP contribution < -0.4 is 10.0 Å². The summed E-state index contributed by atoms with van der Waals surface area (Å²) in [6.07, 6.45) is 2.86. The molecule has 0 amide bonds. The molecule has 1 atom stereocenters. The highest BCUT2D eigenvalue weighted by Crippen LogP contribution is 2.22. The van der Waals surface area contributed by atoms with Crippen molar-refractivity contribution in [2.45, 2.75) is 37.8 Å². The van der Waals surface area contributed by atoms with Crippen molar-refractivity contribution in [3.63, 3.8) is 0 Å². The second kappa shape index (κ2) is 8.26. The largest absolute Gasteiger partial charge is 0.312 e. The van der Waals surface area contributed by atoms with Gasteiger partial charge in [0.15, 0.2) is 0 Å². The van der Waals surface area contributed by atoms with E-state index in [-0.39, 0.29) is 6.04 Å². The summed E-state index contributed by atoms with van der Waals surface area (Å²) in [7, 11) is -3.40. The maximum atomic E-state index is 12.3. The lowest BCUT2D eigenvalue weighted by atomic mass is 10.3. The van der Waals surface area contributed by atoms with E-state index in [1.54, 1.807) is 17.8 Å². The third-order valence-electron chi connectivity index (χ3n) is 2.64. The lowest BCUT2D eigenvalue weighted by Gasteiger charge is -2.14. The molecule has 110 valence electrons. The number of thiophene rings is 1. The highest BCUT2D eigenvalue weighted by molar-refractivity contribution is 7.98. The molecule has 0 fully saturated rings. The van der Waals surface area contributed by atoms with Crippen LogP contribution in [0.15, 0.2) is 16.3 Å². The fraction of sp³-hybridized carbons (Fsp3) is 0.667. The van der Waals surface area contributed by atoms with Crippen molar-refractivity contribution < 1.29 is 8.42 Å². The zero-order chi connectivity index (χ0) is 14.3. The monoisotopic (exact) mass is 322 g/mol. The van der Waals surface area contributed by atoms with Gasteiger partial charge in [0.1, 0.15) is 0 Å². The molecular weight excluding hydrogens is 300 g/mol. The van der Waals surface area contributed by atoms with E-state index >= 15 is 0 Å². The molecule has 1 heterocycles. The van der Waals surface area contributed by atoms with Crippen molar-refractivity contribution >= 4 is 33.1 Å². The van der Waals surface area contributed by atoms with Gasteiger partial charge in [-0.2, -0.15) is 11.8 Å². The van der Waals surface area contributed by atoms with Crippen molar-refractivity contribution in [2.75, 3.05) is 18.6 Å². The quantitative estimate of drug-likeness (QED) is 0.732. The Morgan fingerprint density at radius 3 is 2.84 bits per heavy atom. The highest BCUT2D eigenvalue weighted by Gasteiger charge is 2.21. The second-order valence-electron chi connectivity index (χ2n) is 4.29. The van der Waals surface area contributed by atoms with Crippen molar-refractivity contribution in [2.24, 2.45) is 0 Å². The number of hydrogen-bond acceptors (Lipinski definition) is 5. The summed E-state index contributed by atoms with van der Waals surface area (Å²) in [6, 6.07) is 1.64. The van der Waals surface area contributed by atoms with Crippen LogP contribution in [0.3, 0.4) is 0 Å². The lowest BCUT2D eigenvalue weighted by molar-refractivity contribution is 0.556. The van der Waals surface area contributed by atoms with Crippen LogP contribution in [0.25, 0.3) is 0 Å². The van der Waals surface area contributed by atoms with Gasteiger partial charge in [-0.25, -0.2) is 13.1 Å². The van der Waals surface area contributed by atoms with Crippen LogP contribution in [0.2, 0.25) is 0 Å². The summed E-state index contributed by atoms with van der Waals surface area (Å²) in [4.78, 5) is 1.28. The fourth-order valence-electron chi connectivity index (χ4n) is 1.62. The minimum absolute atomic E-state index is 0.0377. The van der Waals surface area contributed by atoms with Crippen LogP contribution in [-0.2, 0) is 16.6 Å². The van der Waals surface area contributed by atoms with E-state index in [0.29, 0.717) is 11.4 Å². The molecule has 1 rings (SSSR count). The zero-order valence-electron chi connectivity index (χ0n) is 11.6. The average Bonchev–Trinajstić information content (AvgIpc) is 2.82. The average molecular weight is 323 g/mol. The number of sulfonamides is 1. The summed E-state index contributed by atoms with van der Waals surface area (Å²) in [5.74, 6) is 0.956. The molecule has 1 aromatic rings. The van der Waals surface area contributed by atoms with E-state index in [2.05, 4.69) is 10.0 Å². The van der Waals surface area contributed by atoms with Crippen LogP contribution in [0, 0.1) is 0 Å². The molecule has 7 heteroatoms. The topological polar surface area (TPSA) is 58.2 Å². The first-order valence-corrected chi connectivity index (χ1v) is 10.0.